The van der Waals surface area contributed by atoms with Crippen molar-refractivity contribution in [2.45, 2.75) is 46.2 Å². The zero-order valence-electron chi connectivity index (χ0n) is 11.7. The van der Waals surface area contributed by atoms with Crippen LogP contribution in [0.3, 0.4) is 0 Å². The van der Waals surface area contributed by atoms with Crippen LogP contribution in [0.4, 0.5) is 0 Å². The standard InChI is InChI=1S/C15H26N2/c1-5-15(4,12-16)17(6-2)11-14-9-7-13(3)8-10-14/h7-10H,5-6,11-12,16H2,1-4H3. The normalized spacial score (nSPS) is 14.9. The summed E-state index contributed by atoms with van der Waals surface area (Å²) in [5, 5.41) is 0. The molecule has 96 valence electrons. The van der Waals surface area contributed by atoms with Crippen LogP contribution in [0.5, 0.6) is 0 Å². The number of rotatable bonds is 6. The van der Waals surface area contributed by atoms with Crippen molar-refractivity contribution in [3.8, 4) is 0 Å². The molecule has 1 aromatic rings. The highest BCUT2D eigenvalue weighted by atomic mass is 15.2. The van der Waals surface area contributed by atoms with Crippen LogP contribution in [-0.2, 0) is 6.54 Å². The van der Waals surface area contributed by atoms with Gasteiger partial charge in [0, 0.05) is 18.6 Å². The van der Waals surface area contributed by atoms with Gasteiger partial charge in [-0.3, -0.25) is 4.90 Å². The van der Waals surface area contributed by atoms with E-state index in [4.69, 9.17) is 5.73 Å². The number of hydrogen-bond donors (Lipinski definition) is 1. The predicted octanol–water partition coefficient (Wildman–Crippen LogP) is 2.94. The van der Waals surface area contributed by atoms with E-state index < -0.39 is 0 Å². The Morgan fingerprint density at radius 3 is 2.18 bits per heavy atom. The van der Waals surface area contributed by atoms with E-state index in [9.17, 15) is 0 Å². The molecular formula is C15H26N2. The van der Waals surface area contributed by atoms with Crippen LogP contribution in [0, 0.1) is 6.92 Å². The number of likely N-dealkylation sites (N-methyl/N-ethyl adjacent to an activating group) is 1. The van der Waals surface area contributed by atoms with E-state index in [1.807, 2.05) is 0 Å². The van der Waals surface area contributed by atoms with Crippen LogP contribution in [0.2, 0.25) is 0 Å². The van der Waals surface area contributed by atoms with Crippen molar-refractivity contribution in [3.05, 3.63) is 35.4 Å². The van der Waals surface area contributed by atoms with Crippen molar-refractivity contribution in [1.82, 2.24) is 4.90 Å². The summed E-state index contributed by atoms with van der Waals surface area (Å²) in [5.41, 5.74) is 8.72. The Morgan fingerprint density at radius 2 is 1.76 bits per heavy atom. The van der Waals surface area contributed by atoms with Crippen molar-refractivity contribution in [2.75, 3.05) is 13.1 Å². The molecule has 0 fully saturated rings. The van der Waals surface area contributed by atoms with Gasteiger partial charge >= 0.3 is 0 Å². The van der Waals surface area contributed by atoms with Gasteiger partial charge in [0.25, 0.3) is 0 Å². The molecule has 0 spiro atoms. The van der Waals surface area contributed by atoms with Crippen LogP contribution in [-0.4, -0.2) is 23.5 Å². The largest absolute Gasteiger partial charge is 0.329 e. The maximum absolute atomic E-state index is 5.93. The van der Waals surface area contributed by atoms with E-state index in [1.165, 1.54) is 11.1 Å². The summed E-state index contributed by atoms with van der Waals surface area (Å²) < 4.78 is 0. The highest BCUT2D eigenvalue weighted by molar-refractivity contribution is 5.21. The summed E-state index contributed by atoms with van der Waals surface area (Å²) >= 11 is 0. The zero-order chi connectivity index (χ0) is 12.9. The molecule has 1 atom stereocenters. The molecule has 0 bridgehead atoms. The number of nitrogens with zero attached hydrogens (tertiary/aromatic N) is 1. The van der Waals surface area contributed by atoms with E-state index >= 15 is 0 Å². The first-order valence-electron chi connectivity index (χ1n) is 6.56. The van der Waals surface area contributed by atoms with Gasteiger partial charge in [0.15, 0.2) is 0 Å². The lowest BCUT2D eigenvalue weighted by Crippen LogP contribution is -2.50. The first-order valence-corrected chi connectivity index (χ1v) is 6.56. The number of benzene rings is 1. The van der Waals surface area contributed by atoms with E-state index in [2.05, 4.69) is 56.9 Å². The Bertz CT molecular complexity index is 325. The van der Waals surface area contributed by atoms with Gasteiger partial charge in [0.1, 0.15) is 0 Å². The molecule has 0 heterocycles. The third-order valence-electron chi connectivity index (χ3n) is 3.84. The van der Waals surface area contributed by atoms with Gasteiger partial charge < -0.3 is 5.73 Å². The Kier molecular flexibility index (Phi) is 5.16. The van der Waals surface area contributed by atoms with Crippen LogP contribution >= 0.6 is 0 Å². The molecule has 0 saturated carbocycles. The summed E-state index contributed by atoms with van der Waals surface area (Å²) in [6, 6.07) is 8.78. The second-order valence-corrected chi connectivity index (χ2v) is 5.05. The molecule has 0 aliphatic rings. The minimum Gasteiger partial charge on any atom is -0.329 e. The van der Waals surface area contributed by atoms with E-state index in [-0.39, 0.29) is 5.54 Å². The third-order valence-corrected chi connectivity index (χ3v) is 3.84. The minimum absolute atomic E-state index is 0.111. The highest BCUT2D eigenvalue weighted by Gasteiger charge is 2.27. The average molecular weight is 234 g/mol. The summed E-state index contributed by atoms with van der Waals surface area (Å²) in [6.45, 7) is 11.5. The SMILES string of the molecule is CCN(Cc1ccc(C)cc1)C(C)(CC)CN. The molecule has 1 unspecified atom stereocenters. The van der Waals surface area contributed by atoms with Gasteiger partial charge in [0.2, 0.25) is 0 Å². The molecule has 0 radical (unpaired) electrons. The van der Waals surface area contributed by atoms with Crippen LogP contribution in [0.1, 0.15) is 38.3 Å². The summed E-state index contributed by atoms with van der Waals surface area (Å²) in [4.78, 5) is 2.47. The molecule has 1 aromatic carbocycles. The number of hydrogen-bond acceptors (Lipinski definition) is 2. The minimum atomic E-state index is 0.111. The molecule has 2 nitrogen and oxygen atoms in total. The fourth-order valence-corrected chi connectivity index (χ4v) is 2.10. The lowest BCUT2D eigenvalue weighted by atomic mass is 9.95. The predicted molar refractivity (Wildman–Crippen MR) is 75.0 cm³/mol. The third kappa shape index (κ3) is 3.55. The van der Waals surface area contributed by atoms with Gasteiger partial charge in [-0.05, 0) is 32.4 Å². The number of aryl methyl sites for hydroxylation is 1. The summed E-state index contributed by atoms with van der Waals surface area (Å²) in [7, 11) is 0. The molecule has 1 rings (SSSR count). The maximum atomic E-state index is 5.93. The lowest BCUT2D eigenvalue weighted by Gasteiger charge is -2.39. The molecule has 0 aliphatic heterocycles. The molecule has 2 heteroatoms. The van der Waals surface area contributed by atoms with Gasteiger partial charge in [-0.1, -0.05) is 43.7 Å². The number of nitrogens with two attached hydrogens (primary N) is 1. The monoisotopic (exact) mass is 234 g/mol. The Labute approximate surface area is 106 Å². The van der Waals surface area contributed by atoms with Gasteiger partial charge in [0.05, 0.1) is 0 Å². The molecule has 0 aromatic heterocycles. The maximum Gasteiger partial charge on any atom is 0.0304 e. The molecule has 0 amide bonds. The van der Waals surface area contributed by atoms with Crippen LogP contribution < -0.4 is 5.73 Å². The Morgan fingerprint density at radius 1 is 1.18 bits per heavy atom. The highest BCUT2D eigenvalue weighted by Crippen LogP contribution is 2.20. The molecule has 0 aliphatic carbocycles. The van der Waals surface area contributed by atoms with Crippen molar-refractivity contribution >= 4 is 0 Å². The van der Waals surface area contributed by atoms with E-state index in [1.54, 1.807) is 0 Å². The zero-order valence-corrected chi connectivity index (χ0v) is 11.7. The molecule has 2 N–H and O–H groups in total. The molecule has 0 saturated heterocycles. The first kappa shape index (κ1) is 14.2. The molecular weight excluding hydrogens is 208 g/mol. The van der Waals surface area contributed by atoms with Crippen molar-refractivity contribution < 1.29 is 0 Å². The van der Waals surface area contributed by atoms with Crippen molar-refractivity contribution in [2.24, 2.45) is 5.73 Å². The van der Waals surface area contributed by atoms with Crippen LogP contribution in [0.15, 0.2) is 24.3 Å². The Hall–Kier alpha value is -0.860. The van der Waals surface area contributed by atoms with E-state index in [0.717, 1.165) is 19.5 Å². The summed E-state index contributed by atoms with van der Waals surface area (Å²) in [6.07, 6.45) is 1.09. The second kappa shape index (κ2) is 6.18. The van der Waals surface area contributed by atoms with Crippen molar-refractivity contribution in [3.63, 3.8) is 0 Å². The van der Waals surface area contributed by atoms with Crippen LogP contribution in [0.25, 0.3) is 0 Å². The summed E-state index contributed by atoms with van der Waals surface area (Å²) in [5.74, 6) is 0. The fraction of sp³-hybridized carbons (Fsp3) is 0.600. The molecule has 17 heavy (non-hydrogen) atoms. The van der Waals surface area contributed by atoms with Gasteiger partial charge in [-0.2, -0.15) is 0 Å². The Balaban J connectivity index is 2.79. The smallest absolute Gasteiger partial charge is 0.0304 e. The quantitative estimate of drug-likeness (QED) is 0.820. The van der Waals surface area contributed by atoms with Gasteiger partial charge in [-0.25, -0.2) is 0 Å². The lowest BCUT2D eigenvalue weighted by molar-refractivity contribution is 0.104. The second-order valence-electron chi connectivity index (χ2n) is 5.05. The first-order chi connectivity index (χ1) is 8.05. The topological polar surface area (TPSA) is 29.3 Å². The fourth-order valence-electron chi connectivity index (χ4n) is 2.10. The van der Waals surface area contributed by atoms with Gasteiger partial charge in [-0.15, -0.1) is 0 Å². The average Bonchev–Trinajstić information content (AvgIpc) is 2.37. The van der Waals surface area contributed by atoms with E-state index in [0.29, 0.717) is 6.54 Å². The van der Waals surface area contributed by atoms with Crippen molar-refractivity contribution in [1.29, 1.82) is 0 Å².